The van der Waals surface area contributed by atoms with Crippen molar-refractivity contribution in [1.82, 2.24) is 0 Å². The highest BCUT2D eigenvalue weighted by Crippen LogP contribution is 2.44. The molecule has 0 fully saturated rings. The molecule has 106 valence electrons. The predicted octanol–water partition coefficient (Wildman–Crippen LogP) is 1.10. The molecule has 0 aliphatic heterocycles. The van der Waals surface area contributed by atoms with E-state index in [-0.39, 0.29) is 13.0 Å². The Morgan fingerprint density at radius 1 is 1.33 bits per heavy atom. The maximum atomic E-state index is 11.4. The first-order chi connectivity index (χ1) is 8.28. The lowest BCUT2D eigenvalue weighted by atomic mass is 10.1. The van der Waals surface area contributed by atoms with Crippen molar-refractivity contribution in [3.8, 4) is 0 Å². The molecule has 2 atom stereocenters. The summed E-state index contributed by atoms with van der Waals surface area (Å²) in [6.07, 6.45) is -0.750. The molecule has 8 nitrogen and oxygen atoms in total. The van der Waals surface area contributed by atoms with Crippen LogP contribution in [0.3, 0.4) is 0 Å². The molecule has 3 N–H and O–H groups in total. The smallest absolute Gasteiger partial charge is 0.356 e. The van der Waals surface area contributed by atoms with E-state index in [0.29, 0.717) is 6.42 Å². The highest BCUT2D eigenvalue weighted by atomic mass is 31.2. The lowest BCUT2D eigenvalue weighted by Crippen LogP contribution is -2.20. The summed E-state index contributed by atoms with van der Waals surface area (Å²) in [4.78, 5) is 34.9. The minimum absolute atomic E-state index is 0.109. The van der Waals surface area contributed by atoms with Gasteiger partial charge in [-0.3, -0.25) is 14.2 Å². The third-order valence-electron chi connectivity index (χ3n) is 1.96. The Kier molecular flexibility index (Phi) is 7.77. The summed E-state index contributed by atoms with van der Waals surface area (Å²) in [5.41, 5.74) is 0. The van der Waals surface area contributed by atoms with Gasteiger partial charge in [-0.25, -0.2) is 4.89 Å². The quantitative estimate of drug-likeness (QED) is 0.235. The summed E-state index contributed by atoms with van der Waals surface area (Å²) < 4.78 is 15.7. The summed E-state index contributed by atoms with van der Waals surface area (Å²) in [5, 5.41) is 17.2. The van der Waals surface area contributed by atoms with Gasteiger partial charge in [0.05, 0.1) is 18.7 Å². The van der Waals surface area contributed by atoms with Crippen molar-refractivity contribution >= 4 is 19.5 Å². The summed E-state index contributed by atoms with van der Waals surface area (Å²) in [6.45, 7) is 1.87. The number of carbonyl (C=O) groups is 2. The minimum Gasteiger partial charge on any atom is -0.481 e. The van der Waals surface area contributed by atoms with Gasteiger partial charge in [0, 0.05) is 6.42 Å². The van der Waals surface area contributed by atoms with Crippen LogP contribution in [0.5, 0.6) is 0 Å². The van der Waals surface area contributed by atoms with Crippen LogP contribution < -0.4 is 0 Å². The zero-order chi connectivity index (χ0) is 14.2. The van der Waals surface area contributed by atoms with Crippen LogP contribution in [0.2, 0.25) is 0 Å². The number of aliphatic carboxylic acids is 2. The van der Waals surface area contributed by atoms with Gasteiger partial charge in [-0.05, 0) is 12.8 Å². The first-order valence-electron chi connectivity index (χ1n) is 5.36. The van der Waals surface area contributed by atoms with Gasteiger partial charge in [0.2, 0.25) is 0 Å². The standard InChI is InChI=1S/C9H17O8P/c1-2-5-16-17-18(14,15)6-7(9(12)13)3-4-8(10)11/h7H,2-6H2,1H3,(H,10,11)(H,12,13)(H,14,15). The molecule has 2 unspecified atom stereocenters. The van der Waals surface area contributed by atoms with Crippen LogP contribution in [0.15, 0.2) is 0 Å². The molecule has 0 heterocycles. The Morgan fingerprint density at radius 2 is 1.94 bits per heavy atom. The first kappa shape index (κ1) is 17.1. The van der Waals surface area contributed by atoms with Gasteiger partial charge in [-0.2, -0.15) is 0 Å². The van der Waals surface area contributed by atoms with Gasteiger partial charge in [0.1, 0.15) is 0 Å². The van der Waals surface area contributed by atoms with Gasteiger partial charge >= 0.3 is 19.5 Å². The summed E-state index contributed by atoms with van der Waals surface area (Å²) in [6, 6.07) is 0. The largest absolute Gasteiger partial charge is 0.481 e. The lowest BCUT2D eigenvalue weighted by molar-refractivity contribution is -0.213. The van der Waals surface area contributed by atoms with Crippen molar-refractivity contribution in [2.75, 3.05) is 12.8 Å². The lowest BCUT2D eigenvalue weighted by Gasteiger charge is -2.15. The van der Waals surface area contributed by atoms with Crippen molar-refractivity contribution in [2.24, 2.45) is 5.92 Å². The second-order valence-electron chi connectivity index (χ2n) is 3.68. The third-order valence-corrected chi connectivity index (χ3v) is 3.20. The average molecular weight is 284 g/mol. The van der Waals surface area contributed by atoms with Crippen LogP contribution >= 0.6 is 7.60 Å². The van der Waals surface area contributed by atoms with Crippen LogP contribution in [0.1, 0.15) is 26.2 Å². The van der Waals surface area contributed by atoms with Gasteiger partial charge in [-0.1, -0.05) is 6.92 Å². The SMILES string of the molecule is CCCOOP(=O)(O)CC(CCC(=O)O)C(=O)O. The average Bonchev–Trinajstić information content (AvgIpc) is 2.23. The minimum atomic E-state index is -4.19. The number of hydrogen-bond donors (Lipinski definition) is 3. The predicted molar refractivity (Wildman–Crippen MR) is 60.0 cm³/mol. The van der Waals surface area contributed by atoms with Crippen LogP contribution in [-0.4, -0.2) is 39.8 Å². The maximum absolute atomic E-state index is 11.4. The molecule has 0 aliphatic carbocycles. The monoisotopic (exact) mass is 284 g/mol. The first-order valence-corrected chi connectivity index (χ1v) is 7.12. The van der Waals surface area contributed by atoms with Gasteiger partial charge < -0.3 is 15.1 Å². The molecule has 0 spiro atoms. The Bertz CT molecular complexity index is 329. The Balaban J connectivity index is 4.33. The fraction of sp³-hybridized carbons (Fsp3) is 0.778. The van der Waals surface area contributed by atoms with Gasteiger partial charge in [0.15, 0.2) is 0 Å². The van der Waals surface area contributed by atoms with E-state index in [9.17, 15) is 19.0 Å². The van der Waals surface area contributed by atoms with Crippen LogP contribution in [0, 0.1) is 5.92 Å². The Labute approximate surface area is 104 Å². The second-order valence-corrected chi connectivity index (χ2v) is 5.47. The third kappa shape index (κ3) is 8.19. The van der Waals surface area contributed by atoms with Crippen LogP contribution in [0.25, 0.3) is 0 Å². The highest BCUT2D eigenvalue weighted by molar-refractivity contribution is 7.52. The van der Waals surface area contributed by atoms with Crippen molar-refractivity contribution in [2.45, 2.75) is 26.2 Å². The fourth-order valence-corrected chi connectivity index (χ4v) is 2.30. The second kappa shape index (κ2) is 8.20. The molecule has 0 aromatic heterocycles. The van der Waals surface area contributed by atoms with Crippen molar-refractivity contribution < 1.29 is 38.8 Å². The van der Waals surface area contributed by atoms with Crippen LogP contribution in [-0.2, 0) is 23.7 Å². The Morgan fingerprint density at radius 3 is 2.39 bits per heavy atom. The number of hydrogen-bond acceptors (Lipinski definition) is 5. The molecule has 0 aliphatic rings. The fourth-order valence-electron chi connectivity index (χ4n) is 1.10. The molecule has 0 saturated carbocycles. The van der Waals surface area contributed by atoms with E-state index >= 15 is 0 Å². The van der Waals surface area contributed by atoms with E-state index < -0.39 is 38.0 Å². The molecule has 0 radical (unpaired) electrons. The Hall–Kier alpha value is -0.950. The van der Waals surface area contributed by atoms with Crippen molar-refractivity contribution in [3.63, 3.8) is 0 Å². The number of rotatable bonds is 10. The van der Waals surface area contributed by atoms with Crippen molar-refractivity contribution in [3.05, 3.63) is 0 Å². The van der Waals surface area contributed by atoms with E-state index in [1.54, 1.807) is 6.92 Å². The summed E-state index contributed by atoms with van der Waals surface area (Å²) in [7, 11) is -4.19. The molecule has 9 heteroatoms. The highest BCUT2D eigenvalue weighted by Gasteiger charge is 2.31. The van der Waals surface area contributed by atoms with Gasteiger partial charge in [0.25, 0.3) is 0 Å². The summed E-state index contributed by atoms with van der Waals surface area (Å²) >= 11 is 0. The van der Waals surface area contributed by atoms with E-state index in [4.69, 9.17) is 10.2 Å². The molecule has 0 bridgehead atoms. The van der Waals surface area contributed by atoms with E-state index in [0.717, 1.165) is 0 Å². The van der Waals surface area contributed by atoms with E-state index in [2.05, 4.69) is 9.56 Å². The summed E-state index contributed by atoms with van der Waals surface area (Å²) in [5.74, 6) is -3.77. The van der Waals surface area contributed by atoms with Crippen molar-refractivity contribution in [1.29, 1.82) is 0 Å². The molecule has 0 aromatic carbocycles. The molecule has 0 amide bonds. The van der Waals surface area contributed by atoms with Gasteiger partial charge in [-0.15, -0.1) is 4.67 Å². The van der Waals surface area contributed by atoms with Crippen LogP contribution in [0.4, 0.5) is 0 Å². The maximum Gasteiger partial charge on any atom is 0.356 e. The van der Waals surface area contributed by atoms with E-state index in [1.165, 1.54) is 0 Å². The number of carboxylic acid groups (broad SMARTS) is 2. The number of carboxylic acids is 2. The topological polar surface area (TPSA) is 130 Å². The molecule has 18 heavy (non-hydrogen) atoms. The van der Waals surface area contributed by atoms with E-state index in [1.807, 2.05) is 0 Å². The molecular formula is C9H17O8P. The molecular weight excluding hydrogens is 267 g/mol. The zero-order valence-electron chi connectivity index (χ0n) is 9.94. The molecule has 0 aromatic rings. The zero-order valence-corrected chi connectivity index (χ0v) is 10.8. The normalized spacial score (nSPS) is 15.9. The molecule has 0 rings (SSSR count). The molecule has 0 saturated heterocycles.